The van der Waals surface area contributed by atoms with Crippen LogP contribution in [-0.4, -0.2) is 41.9 Å². The zero-order chi connectivity index (χ0) is 25.6. The summed E-state index contributed by atoms with van der Waals surface area (Å²) in [5.74, 6) is 0. The molecular weight excluding hydrogens is 621 g/mol. The van der Waals surface area contributed by atoms with Gasteiger partial charge in [-0.05, 0) is 43.3 Å². The first kappa shape index (κ1) is 35.1. The molecule has 0 bridgehead atoms. The average Bonchev–Trinajstić information content (AvgIpc) is 2.75. The Hall–Kier alpha value is -3.47. The van der Waals surface area contributed by atoms with Gasteiger partial charge < -0.3 is 51.1 Å². The fraction of sp³-hybridized carbons (Fsp3) is 0.118. The molecule has 0 aliphatic heterocycles. The summed E-state index contributed by atoms with van der Waals surface area (Å²) in [6, 6.07) is 17.5. The van der Waals surface area contributed by atoms with Gasteiger partial charge in [0.15, 0.2) is 0 Å². The first-order chi connectivity index (χ1) is 15.5. The summed E-state index contributed by atoms with van der Waals surface area (Å²) < 4.78 is 0. The zero-order valence-electron chi connectivity index (χ0n) is 17.1. The van der Waals surface area contributed by atoms with Gasteiger partial charge in [-0.15, -0.1) is 0 Å². The van der Waals surface area contributed by atoms with Gasteiger partial charge in [0.05, 0.1) is 38.0 Å². The summed E-state index contributed by atoms with van der Waals surface area (Å²) in [7, 11) is 0. The van der Waals surface area contributed by atoms with E-state index in [0.717, 1.165) is 22.8 Å². The van der Waals surface area contributed by atoms with Gasteiger partial charge in [-0.2, -0.15) is 0 Å². The van der Waals surface area contributed by atoms with Gasteiger partial charge in [-0.3, -0.25) is 9.97 Å². The molecule has 3 aromatic heterocycles. The largest absolute Gasteiger partial charge is 3.00 e. The number of hydrogen-bond acceptors (Lipinski definition) is 13. The Bertz CT molecular complexity index is 859. The molecule has 34 heavy (non-hydrogen) atoms. The molecule has 0 spiro atoms. The van der Waals surface area contributed by atoms with Crippen molar-refractivity contribution in [1.82, 2.24) is 15.0 Å². The van der Waals surface area contributed by atoms with Crippen LogP contribution in [0.1, 0.15) is 6.92 Å². The number of pyridine rings is 3. The van der Waals surface area contributed by atoms with E-state index >= 15 is 0 Å². The van der Waals surface area contributed by atoms with Crippen molar-refractivity contribution < 1.29 is 67.3 Å². The molecule has 1 radical (unpaired) electrons. The normalized spacial score (nSPS) is 8.06. The minimum Gasteiger partial charge on any atom is -0.397 e. The van der Waals surface area contributed by atoms with Gasteiger partial charge in [0.2, 0.25) is 0 Å². The Labute approximate surface area is 230 Å². The third-order valence-electron chi connectivity index (χ3n) is 2.60. The number of aliphatic hydroxyl groups excluding tert-OH is 1. The van der Waals surface area contributed by atoms with Gasteiger partial charge in [-0.1, -0.05) is 18.2 Å². The van der Waals surface area contributed by atoms with Crippen molar-refractivity contribution in [1.29, 1.82) is 0 Å². The van der Waals surface area contributed by atoms with Crippen LogP contribution in [0, 0.1) is 92.9 Å². The second kappa shape index (κ2) is 22.7. The van der Waals surface area contributed by atoms with E-state index in [1.165, 1.54) is 0 Å². The Balaban J connectivity index is -0.000000500. The van der Waals surface area contributed by atoms with Crippen LogP contribution in [0.4, 0.5) is 0 Å². The quantitative estimate of drug-likeness (QED) is 0.313. The van der Waals surface area contributed by atoms with Gasteiger partial charge in [0, 0.05) is 19.0 Å². The number of hydrogen-bond donors (Lipinski definition) is 1. The molecule has 3 heterocycles. The molecule has 16 nitrogen and oxygen atoms in total. The standard InChI is InChI=1S/C15H11N3.C2H6O.3NO3.Yb/c1-3-10-16-12(6-1)14-8-5-9-15(18-14)13-7-2-4-11-17-13;1-2-3;3*2-1(3)4;/h1-11H;3H,2H2,1H3;;;;/q;;3*-1;+3. The maximum Gasteiger partial charge on any atom is 3.00 e. The van der Waals surface area contributed by atoms with Crippen LogP contribution < -0.4 is 0 Å². The first-order valence-corrected chi connectivity index (χ1v) is 8.40. The number of aromatic nitrogens is 3. The van der Waals surface area contributed by atoms with E-state index in [9.17, 15) is 0 Å². The third-order valence-corrected chi connectivity index (χ3v) is 2.60. The van der Waals surface area contributed by atoms with E-state index in [1.807, 2.05) is 54.6 Å². The summed E-state index contributed by atoms with van der Waals surface area (Å²) in [4.78, 5) is 37.9. The summed E-state index contributed by atoms with van der Waals surface area (Å²) >= 11 is 0. The molecule has 3 rings (SSSR count). The predicted molar refractivity (Wildman–Crippen MR) is 115 cm³/mol. The van der Waals surface area contributed by atoms with Crippen LogP contribution in [0.2, 0.25) is 0 Å². The SMILES string of the molecule is CCO.O=[N+]([O-])[O-].O=[N+]([O-])[O-].O=[N+]([O-])[O-].[Yb+3].c1ccc(-c2cccc(-c3ccccn3)n2)nc1. The van der Waals surface area contributed by atoms with Crippen molar-refractivity contribution in [2.45, 2.75) is 6.92 Å². The smallest absolute Gasteiger partial charge is 0.397 e. The van der Waals surface area contributed by atoms with E-state index in [0.29, 0.717) is 0 Å². The van der Waals surface area contributed by atoms with Crippen molar-refractivity contribution >= 4 is 0 Å². The second-order valence-electron chi connectivity index (χ2n) is 4.83. The zero-order valence-corrected chi connectivity index (χ0v) is 18.8. The molecule has 0 atom stereocenters. The van der Waals surface area contributed by atoms with Crippen LogP contribution in [-0.2, 0) is 0 Å². The second-order valence-corrected chi connectivity index (χ2v) is 4.83. The van der Waals surface area contributed by atoms with Crippen LogP contribution in [0.3, 0.4) is 0 Å². The molecule has 0 saturated carbocycles. The Kier molecular flexibility index (Phi) is 23.5. The van der Waals surface area contributed by atoms with Gasteiger partial charge in [-0.25, -0.2) is 4.98 Å². The van der Waals surface area contributed by atoms with Gasteiger partial charge in [0.1, 0.15) is 0 Å². The molecule has 0 amide bonds. The molecule has 0 aliphatic rings. The minimum absolute atomic E-state index is 0. The number of aliphatic hydroxyl groups is 1. The van der Waals surface area contributed by atoms with E-state index in [2.05, 4.69) is 15.0 Å². The van der Waals surface area contributed by atoms with E-state index in [4.69, 9.17) is 51.1 Å². The Morgan fingerprint density at radius 1 is 0.647 bits per heavy atom. The fourth-order valence-electron chi connectivity index (χ4n) is 1.75. The maximum atomic E-state index is 8.25. The van der Waals surface area contributed by atoms with Crippen molar-refractivity contribution in [3.05, 3.63) is 113 Å². The van der Waals surface area contributed by atoms with Crippen molar-refractivity contribution in [2.75, 3.05) is 6.61 Å². The van der Waals surface area contributed by atoms with Gasteiger partial charge in [0.25, 0.3) is 0 Å². The van der Waals surface area contributed by atoms with E-state index in [-0.39, 0.29) is 53.5 Å². The first-order valence-electron chi connectivity index (χ1n) is 8.40. The van der Waals surface area contributed by atoms with Crippen molar-refractivity contribution in [3.8, 4) is 22.8 Å². The van der Waals surface area contributed by atoms with Crippen molar-refractivity contribution in [2.24, 2.45) is 0 Å². The van der Waals surface area contributed by atoms with Crippen LogP contribution in [0.5, 0.6) is 0 Å². The third kappa shape index (κ3) is 23.2. The molecule has 1 N–H and O–H groups in total. The molecule has 189 valence electrons. The topological polar surface area (TPSA) is 257 Å². The molecule has 0 saturated heterocycles. The van der Waals surface area contributed by atoms with Crippen LogP contribution in [0.25, 0.3) is 22.8 Å². The Morgan fingerprint density at radius 2 is 0.912 bits per heavy atom. The number of nitrogens with zero attached hydrogens (tertiary/aromatic N) is 6. The summed E-state index contributed by atoms with van der Waals surface area (Å²) in [5, 5.41) is 51.8. The molecule has 0 aliphatic carbocycles. The molecule has 17 heteroatoms. The molecule has 0 aromatic carbocycles. The molecular formula is C17H17N6O10Yb. The maximum absolute atomic E-state index is 8.25. The van der Waals surface area contributed by atoms with Crippen LogP contribution in [0.15, 0.2) is 67.0 Å². The minimum atomic E-state index is -1.75. The Morgan fingerprint density at radius 3 is 1.15 bits per heavy atom. The van der Waals surface area contributed by atoms with Gasteiger partial charge >= 0.3 is 46.9 Å². The number of rotatable bonds is 2. The van der Waals surface area contributed by atoms with Crippen LogP contribution >= 0.6 is 0 Å². The fourth-order valence-corrected chi connectivity index (χ4v) is 1.75. The summed E-state index contributed by atoms with van der Waals surface area (Å²) in [5.41, 5.74) is 3.46. The summed E-state index contributed by atoms with van der Waals surface area (Å²) in [6.45, 7) is 1.93. The average molecular weight is 638 g/mol. The predicted octanol–water partition coefficient (Wildman–Crippen LogP) is 2.49. The molecule has 3 aromatic rings. The molecule has 0 fully saturated rings. The van der Waals surface area contributed by atoms with E-state index < -0.39 is 15.3 Å². The molecule has 0 unspecified atom stereocenters. The monoisotopic (exact) mass is 639 g/mol. The summed E-state index contributed by atoms with van der Waals surface area (Å²) in [6.07, 6.45) is 3.54. The van der Waals surface area contributed by atoms with E-state index in [1.54, 1.807) is 19.3 Å². The van der Waals surface area contributed by atoms with Crippen molar-refractivity contribution in [3.63, 3.8) is 0 Å².